The van der Waals surface area contributed by atoms with Crippen molar-refractivity contribution < 1.29 is 14.3 Å². The molecule has 0 saturated heterocycles. The lowest BCUT2D eigenvalue weighted by Crippen LogP contribution is -2.16. The maximum atomic E-state index is 12.6. The highest BCUT2D eigenvalue weighted by Crippen LogP contribution is 2.33. The molecule has 4 aromatic rings. The van der Waals surface area contributed by atoms with Gasteiger partial charge in [-0.25, -0.2) is 14.8 Å². The predicted molar refractivity (Wildman–Crippen MR) is 127 cm³/mol. The van der Waals surface area contributed by atoms with E-state index in [0.717, 1.165) is 47.0 Å². The Morgan fingerprint density at radius 2 is 2.09 bits per heavy atom. The number of H-pyrrole nitrogens is 2. The number of anilines is 1. The molecule has 0 spiro atoms. The second-order valence-corrected chi connectivity index (χ2v) is 9.73. The van der Waals surface area contributed by atoms with Gasteiger partial charge in [-0.1, -0.05) is 0 Å². The van der Waals surface area contributed by atoms with Gasteiger partial charge in [-0.05, 0) is 37.3 Å². The number of nitrogens with one attached hydrogen (secondary N) is 3. The quantitative estimate of drug-likeness (QED) is 0.359. The lowest BCUT2D eigenvalue weighted by Gasteiger charge is -2.09. The van der Waals surface area contributed by atoms with Crippen LogP contribution in [0.15, 0.2) is 22.4 Å². The van der Waals surface area contributed by atoms with Crippen molar-refractivity contribution in [2.45, 2.75) is 38.5 Å². The monoisotopic (exact) mass is 483 g/mol. The summed E-state index contributed by atoms with van der Waals surface area (Å²) in [6.07, 6.45) is 6.37. The topological polar surface area (TPSA) is 130 Å². The van der Waals surface area contributed by atoms with Gasteiger partial charge in [0.15, 0.2) is 5.13 Å². The fraction of sp³-hybridized carbons (Fsp3) is 0.318. The van der Waals surface area contributed by atoms with Crippen LogP contribution in [0.4, 0.5) is 5.13 Å². The number of fused-ring (bicyclic) bond motifs is 3. The molecule has 1 aliphatic carbocycles. The number of carbonyl (C=O) groups excluding carboxylic acids is 2. The summed E-state index contributed by atoms with van der Waals surface area (Å²) in [6, 6.07) is 1.65. The molecule has 11 heteroatoms. The van der Waals surface area contributed by atoms with Crippen LogP contribution < -0.4 is 10.9 Å². The summed E-state index contributed by atoms with van der Waals surface area (Å²) in [5, 5.41) is 5.76. The van der Waals surface area contributed by atoms with Crippen LogP contribution in [-0.2, 0) is 28.8 Å². The van der Waals surface area contributed by atoms with E-state index in [-0.39, 0.29) is 17.9 Å². The number of rotatable bonds is 6. The number of aryl methyl sites for hydroxylation is 3. The molecule has 170 valence electrons. The zero-order valence-corrected chi connectivity index (χ0v) is 19.5. The zero-order chi connectivity index (χ0) is 22.9. The molecule has 33 heavy (non-hydrogen) atoms. The summed E-state index contributed by atoms with van der Waals surface area (Å²) in [6.45, 7) is 0. The molecule has 9 nitrogen and oxygen atoms in total. The minimum Gasteiger partial charge on any atom is -0.464 e. The van der Waals surface area contributed by atoms with Crippen LogP contribution in [0.5, 0.6) is 0 Å². The molecule has 0 atom stereocenters. The summed E-state index contributed by atoms with van der Waals surface area (Å²) in [5.41, 5.74) is 2.73. The van der Waals surface area contributed by atoms with Crippen LogP contribution in [0.3, 0.4) is 0 Å². The third kappa shape index (κ3) is 4.33. The van der Waals surface area contributed by atoms with E-state index < -0.39 is 5.97 Å². The highest BCUT2D eigenvalue weighted by atomic mass is 32.1. The van der Waals surface area contributed by atoms with Crippen molar-refractivity contribution in [1.29, 1.82) is 0 Å². The first-order valence-electron chi connectivity index (χ1n) is 10.6. The number of methoxy groups -OCH3 is 1. The maximum Gasteiger partial charge on any atom is 0.354 e. The third-order valence-corrected chi connectivity index (χ3v) is 7.54. The number of hydrogen-bond donors (Lipinski definition) is 3. The molecule has 5 rings (SSSR count). The van der Waals surface area contributed by atoms with Gasteiger partial charge in [0.1, 0.15) is 16.3 Å². The zero-order valence-electron chi connectivity index (χ0n) is 17.8. The van der Waals surface area contributed by atoms with Crippen LogP contribution in [0.25, 0.3) is 21.5 Å². The molecule has 0 bridgehead atoms. The number of thiophene rings is 1. The Morgan fingerprint density at radius 3 is 2.94 bits per heavy atom. The Kier molecular flexibility index (Phi) is 5.81. The van der Waals surface area contributed by atoms with E-state index in [9.17, 15) is 14.4 Å². The van der Waals surface area contributed by atoms with Gasteiger partial charge in [-0.2, -0.15) is 0 Å². The van der Waals surface area contributed by atoms with Gasteiger partial charge in [-0.15, -0.1) is 22.7 Å². The van der Waals surface area contributed by atoms with Gasteiger partial charge < -0.3 is 20.0 Å². The minimum absolute atomic E-state index is 0.114. The lowest BCUT2D eigenvalue weighted by molar-refractivity contribution is -0.116. The lowest BCUT2D eigenvalue weighted by atomic mass is 9.97. The summed E-state index contributed by atoms with van der Waals surface area (Å²) >= 11 is 2.89. The van der Waals surface area contributed by atoms with Crippen molar-refractivity contribution >= 4 is 49.9 Å². The minimum atomic E-state index is -0.461. The van der Waals surface area contributed by atoms with E-state index in [1.165, 1.54) is 23.3 Å². The van der Waals surface area contributed by atoms with Gasteiger partial charge in [0, 0.05) is 34.9 Å². The number of nitrogens with zero attached hydrogens (tertiary/aromatic N) is 2. The van der Waals surface area contributed by atoms with E-state index in [4.69, 9.17) is 0 Å². The van der Waals surface area contributed by atoms with Gasteiger partial charge in [-0.3, -0.25) is 9.59 Å². The number of aromatic nitrogens is 4. The second-order valence-electron chi connectivity index (χ2n) is 7.78. The number of amides is 1. The SMILES string of the molecule is COC(=O)c1cc(-c2csc(NC(=O)CCc3nc4sc5c(c4c(=O)[nH]3)CCCC5)n2)c[nH]1. The molecule has 4 aromatic heterocycles. The average Bonchev–Trinajstić information content (AvgIpc) is 3.55. The molecule has 4 heterocycles. The van der Waals surface area contributed by atoms with E-state index in [1.54, 1.807) is 29.0 Å². The molecule has 0 aromatic carbocycles. The van der Waals surface area contributed by atoms with Crippen molar-refractivity contribution in [2.24, 2.45) is 0 Å². The summed E-state index contributed by atoms with van der Waals surface area (Å²) in [4.78, 5) is 53.4. The molecule has 0 aliphatic heterocycles. The number of hydrogen-bond acceptors (Lipinski definition) is 8. The Bertz CT molecular complexity index is 1410. The van der Waals surface area contributed by atoms with Crippen molar-refractivity contribution in [2.75, 3.05) is 12.4 Å². The third-order valence-electron chi connectivity index (χ3n) is 5.60. The van der Waals surface area contributed by atoms with Crippen molar-refractivity contribution in [3.8, 4) is 11.3 Å². The Labute approximate surface area is 196 Å². The molecule has 0 saturated carbocycles. The van der Waals surface area contributed by atoms with Crippen LogP contribution in [0.1, 0.15) is 46.0 Å². The fourth-order valence-corrected chi connectivity index (χ4v) is 5.99. The van der Waals surface area contributed by atoms with Crippen LogP contribution in [-0.4, -0.2) is 38.9 Å². The first-order chi connectivity index (χ1) is 16.0. The van der Waals surface area contributed by atoms with Crippen LogP contribution in [0, 0.1) is 0 Å². The molecule has 0 fully saturated rings. The van der Waals surface area contributed by atoms with Crippen molar-refractivity contribution in [3.05, 3.63) is 50.0 Å². The highest BCUT2D eigenvalue weighted by molar-refractivity contribution is 7.18. The largest absolute Gasteiger partial charge is 0.464 e. The van der Waals surface area contributed by atoms with Gasteiger partial charge in [0.25, 0.3) is 5.56 Å². The number of esters is 1. The van der Waals surface area contributed by atoms with Crippen molar-refractivity contribution in [1.82, 2.24) is 19.9 Å². The molecular weight excluding hydrogens is 462 g/mol. The van der Waals surface area contributed by atoms with E-state index in [1.807, 2.05) is 0 Å². The smallest absolute Gasteiger partial charge is 0.354 e. The van der Waals surface area contributed by atoms with Gasteiger partial charge in [0.05, 0.1) is 18.2 Å². The van der Waals surface area contributed by atoms with Gasteiger partial charge in [0.2, 0.25) is 5.91 Å². The van der Waals surface area contributed by atoms with E-state index in [2.05, 4.69) is 30.0 Å². The Morgan fingerprint density at radius 1 is 1.24 bits per heavy atom. The Hall–Kier alpha value is -3.31. The molecule has 0 unspecified atom stereocenters. The number of aromatic amines is 2. The normalized spacial score (nSPS) is 13.1. The highest BCUT2D eigenvalue weighted by Gasteiger charge is 2.20. The standard InChI is InChI=1S/C22H21N5O4S2/c1-31-21(30)13-8-11(9-23-13)14-10-32-22(24-14)27-17(28)7-6-16-25-19(29)18-12-4-2-3-5-15(12)33-20(18)26-16/h8-10,23H,2-7H2,1H3,(H,24,27,28)(H,25,26,29). The fourth-order valence-electron chi connectivity index (χ4n) is 3.97. The van der Waals surface area contributed by atoms with Gasteiger partial charge >= 0.3 is 5.97 Å². The molecule has 3 N–H and O–H groups in total. The van der Waals surface area contributed by atoms with E-state index >= 15 is 0 Å². The predicted octanol–water partition coefficient (Wildman–Crippen LogP) is 3.67. The molecule has 0 radical (unpaired) electrons. The second kappa shape index (κ2) is 8.91. The summed E-state index contributed by atoms with van der Waals surface area (Å²) < 4.78 is 4.69. The van der Waals surface area contributed by atoms with Crippen LogP contribution in [0.2, 0.25) is 0 Å². The maximum absolute atomic E-state index is 12.6. The number of carbonyl (C=O) groups is 2. The average molecular weight is 484 g/mol. The number of ether oxygens (including phenoxy) is 1. The summed E-state index contributed by atoms with van der Waals surface area (Å²) in [7, 11) is 1.32. The summed E-state index contributed by atoms with van der Waals surface area (Å²) in [5.74, 6) is -0.158. The molecule has 1 amide bonds. The number of thiazole rings is 1. The Balaban J connectivity index is 1.23. The molecular formula is C22H21N5O4S2. The van der Waals surface area contributed by atoms with Crippen LogP contribution >= 0.6 is 22.7 Å². The molecule has 1 aliphatic rings. The first-order valence-corrected chi connectivity index (χ1v) is 12.3. The van der Waals surface area contributed by atoms with E-state index in [0.29, 0.717) is 28.8 Å². The first kappa shape index (κ1) is 21.5. The van der Waals surface area contributed by atoms with Crippen molar-refractivity contribution in [3.63, 3.8) is 0 Å².